The van der Waals surface area contributed by atoms with Crippen LogP contribution in [0.15, 0.2) is 41.8 Å². The van der Waals surface area contributed by atoms with Crippen molar-refractivity contribution in [2.45, 2.75) is 6.42 Å². The first-order valence-electron chi connectivity index (χ1n) is 5.98. The molecule has 2 aromatic rings. The number of thiophene rings is 1. The van der Waals surface area contributed by atoms with Crippen LogP contribution < -0.4 is 10.6 Å². The summed E-state index contributed by atoms with van der Waals surface area (Å²) in [7, 11) is 0. The summed E-state index contributed by atoms with van der Waals surface area (Å²) in [4.78, 5) is 24.3. The van der Waals surface area contributed by atoms with Crippen molar-refractivity contribution < 1.29 is 9.59 Å². The molecule has 20 heavy (non-hydrogen) atoms. The van der Waals surface area contributed by atoms with Gasteiger partial charge in [0.2, 0.25) is 11.8 Å². The van der Waals surface area contributed by atoms with Gasteiger partial charge in [0.05, 0.1) is 23.7 Å². The normalized spacial score (nSPS) is 10.1. The zero-order chi connectivity index (χ0) is 14.4. The van der Waals surface area contributed by atoms with E-state index < -0.39 is 0 Å². The molecule has 104 valence electrons. The maximum Gasteiger partial charge on any atom is 0.243 e. The SMILES string of the molecule is O=C(Cc1cccs1)NCC(=O)Nc1ccccc1Cl. The van der Waals surface area contributed by atoms with E-state index in [0.717, 1.165) is 4.88 Å². The topological polar surface area (TPSA) is 58.2 Å². The zero-order valence-corrected chi connectivity index (χ0v) is 12.1. The molecule has 2 rings (SSSR count). The first-order valence-corrected chi connectivity index (χ1v) is 7.24. The maximum absolute atomic E-state index is 11.7. The van der Waals surface area contributed by atoms with E-state index in [2.05, 4.69) is 10.6 Å². The second-order valence-corrected chi connectivity index (χ2v) is 5.50. The summed E-state index contributed by atoms with van der Waals surface area (Å²) in [6, 6.07) is 10.7. The number of anilines is 1. The Kier molecular flexibility index (Phi) is 5.15. The Balaban J connectivity index is 1.78. The van der Waals surface area contributed by atoms with Gasteiger partial charge in [0.1, 0.15) is 0 Å². The predicted molar refractivity (Wildman–Crippen MR) is 81.1 cm³/mol. The van der Waals surface area contributed by atoms with E-state index >= 15 is 0 Å². The highest BCUT2D eigenvalue weighted by Crippen LogP contribution is 2.19. The molecule has 0 spiro atoms. The van der Waals surface area contributed by atoms with E-state index in [0.29, 0.717) is 10.7 Å². The fourth-order valence-electron chi connectivity index (χ4n) is 1.57. The average Bonchev–Trinajstić information content (AvgIpc) is 2.92. The largest absolute Gasteiger partial charge is 0.347 e. The number of benzene rings is 1. The summed E-state index contributed by atoms with van der Waals surface area (Å²) in [5, 5.41) is 7.59. The highest BCUT2D eigenvalue weighted by Gasteiger charge is 2.08. The van der Waals surface area contributed by atoms with Gasteiger partial charge < -0.3 is 10.6 Å². The quantitative estimate of drug-likeness (QED) is 0.892. The van der Waals surface area contributed by atoms with E-state index in [4.69, 9.17) is 11.6 Å². The maximum atomic E-state index is 11.7. The summed E-state index contributed by atoms with van der Waals surface area (Å²) < 4.78 is 0. The summed E-state index contributed by atoms with van der Waals surface area (Å²) in [5.41, 5.74) is 0.534. The molecule has 1 heterocycles. The highest BCUT2D eigenvalue weighted by molar-refractivity contribution is 7.10. The molecule has 0 fully saturated rings. The molecule has 0 radical (unpaired) electrons. The lowest BCUT2D eigenvalue weighted by molar-refractivity contribution is -0.123. The number of hydrogen-bond donors (Lipinski definition) is 2. The van der Waals surface area contributed by atoms with Crippen molar-refractivity contribution in [3.63, 3.8) is 0 Å². The minimum Gasteiger partial charge on any atom is -0.347 e. The Hall–Kier alpha value is -1.85. The summed E-state index contributed by atoms with van der Waals surface area (Å²) in [5.74, 6) is -0.487. The number of nitrogens with one attached hydrogen (secondary N) is 2. The van der Waals surface area contributed by atoms with Crippen LogP contribution in [0.1, 0.15) is 4.88 Å². The smallest absolute Gasteiger partial charge is 0.243 e. The molecule has 6 heteroatoms. The predicted octanol–water partition coefficient (Wildman–Crippen LogP) is 2.70. The van der Waals surface area contributed by atoms with Crippen LogP contribution in [0.3, 0.4) is 0 Å². The van der Waals surface area contributed by atoms with Crippen molar-refractivity contribution in [2.75, 3.05) is 11.9 Å². The van der Waals surface area contributed by atoms with Gasteiger partial charge in [0, 0.05) is 4.88 Å². The van der Waals surface area contributed by atoms with Crippen LogP contribution in [0.4, 0.5) is 5.69 Å². The molecular formula is C14H13ClN2O2S. The molecule has 0 saturated heterocycles. The molecule has 0 aliphatic heterocycles. The number of amides is 2. The second kappa shape index (κ2) is 7.07. The minimum absolute atomic E-state index is 0.0740. The lowest BCUT2D eigenvalue weighted by Crippen LogP contribution is -2.33. The Labute approximate surface area is 125 Å². The minimum atomic E-state index is -0.308. The second-order valence-electron chi connectivity index (χ2n) is 4.06. The van der Waals surface area contributed by atoms with Gasteiger partial charge in [-0.3, -0.25) is 9.59 Å². The standard InChI is InChI=1S/C14H13ClN2O2S/c15-11-5-1-2-6-12(11)17-14(19)9-16-13(18)8-10-4-3-7-20-10/h1-7H,8-9H2,(H,16,18)(H,17,19). The number of para-hydroxylation sites is 1. The highest BCUT2D eigenvalue weighted by atomic mass is 35.5. The van der Waals surface area contributed by atoms with E-state index in [-0.39, 0.29) is 24.8 Å². The number of carbonyl (C=O) groups is 2. The van der Waals surface area contributed by atoms with Crippen molar-refractivity contribution in [1.29, 1.82) is 0 Å². The lowest BCUT2D eigenvalue weighted by Gasteiger charge is -2.07. The lowest BCUT2D eigenvalue weighted by atomic mass is 10.3. The van der Waals surface area contributed by atoms with Crippen molar-refractivity contribution in [3.8, 4) is 0 Å². The fourth-order valence-corrected chi connectivity index (χ4v) is 2.46. The van der Waals surface area contributed by atoms with Crippen molar-refractivity contribution in [1.82, 2.24) is 5.32 Å². The molecule has 4 nitrogen and oxygen atoms in total. The van der Waals surface area contributed by atoms with Crippen LogP contribution in [-0.2, 0) is 16.0 Å². The molecule has 2 amide bonds. The van der Waals surface area contributed by atoms with Gasteiger partial charge in [0.25, 0.3) is 0 Å². The first kappa shape index (κ1) is 14.6. The Morgan fingerprint density at radius 3 is 2.60 bits per heavy atom. The monoisotopic (exact) mass is 308 g/mol. The summed E-state index contributed by atoms with van der Waals surface area (Å²) in [6.07, 6.45) is 0.289. The van der Waals surface area contributed by atoms with Crippen LogP contribution >= 0.6 is 22.9 Å². The molecule has 0 aliphatic rings. The molecule has 0 bridgehead atoms. The van der Waals surface area contributed by atoms with Gasteiger partial charge in [-0.05, 0) is 23.6 Å². The van der Waals surface area contributed by atoms with Gasteiger partial charge in [-0.1, -0.05) is 29.8 Å². The van der Waals surface area contributed by atoms with Crippen molar-refractivity contribution in [2.24, 2.45) is 0 Å². The van der Waals surface area contributed by atoms with Crippen LogP contribution in [0, 0.1) is 0 Å². The van der Waals surface area contributed by atoms with Crippen LogP contribution in [-0.4, -0.2) is 18.4 Å². The molecule has 0 aliphatic carbocycles. The van der Waals surface area contributed by atoms with Crippen LogP contribution in [0.5, 0.6) is 0 Å². The van der Waals surface area contributed by atoms with Crippen molar-refractivity contribution >= 4 is 40.4 Å². The zero-order valence-electron chi connectivity index (χ0n) is 10.6. The molecular weight excluding hydrogens is 296 g/mol. The average molecular weight is 309 g/mol. The van der Waals surface area contributed by atoms with Crippen LogP contribution in [0.2, 0.25) is 5.02 Å². The fraction of sp³-hybridized carbons (Fsp3) is 0.143. The molecule has 2 N–H and O–H groups in total. The number of rotatable bonds is 5. The number of carbonyl (C=O) groups excluding carboxylic acids is 2. The molecule has 0 atom stereocenters. The van der Waals surface area contributed by atoms with E-state index in [1.807, 2.05) is 17.5 Å². The van der Waals surface area contributed by atoms with E-state index in [1.54, 1.807) is 24.3 Å². The van der Waals surface area contributed by atoms with E-state index in [1.165, 1.54) is 11.3 Å². The molecule has 0 saturated carbocycles. The number of hydrogen-bond acceptors (Lipinski definition) is 3. The summed E-state index contributed by atoms with van der Waals surface area (Å²) >= 11 is 7.44. The molecule has 1 aromatic carbocycles. The molecule has 1 aromatic heterocycles. The first-order chi connectivity index (χ1) is 9.65. The van der Waals surface area contributed by atoms with Crippen molar-refractivity contribution in [3.05, 3.63) is 51.7 Å². The Bertz CT molecular complexity index is 599. The third-order valence-corrected chi connectivity index (χ3v) is 3.71. The summed E-state index contributed by atoms with van der Waals surface area (Å²) in [6.45, 7) is -0.0740. The Morgan fingerprint density at radius 2 is 1.90 bits per heavy atom. The Morgan fingerprint density at radius 1 is 1.10 bits per heavy atom. The van der Waals surface area contributed by atoms with Gasteiger partial charge in [-0.2, -0.15) is 0 Å². The third-order valence-electron chi connectivity index (χ3n) is 2.51. The number of halogens is 1. The van der Waals surface area contributed by atoms with Gasteiger partial charge in [-0.15, -0.1) is 11.3 Å². The van der Waals surface area contributed by atoms with Gasteiger partial charge >= 0.3 is 0 Å². The third kappa shape index (κ3) is 4.36. The van der Waals surface area contributed by atoms with Crippen LogP contribution in [0.25, 0.3) is 0 Å². The molecule has 0 unspecified atom stereocenters. The van der Waals surface area contributed by atoms with E-state index in [9.17, 15) is 9.59 Å². The van der Waals surface area contributed by atoms with Gasteiger partial charge in [0.15, 0.2) is 0 Å². The van der Waals surface area contributed by atoms with Gasteiger partial charge in [-0.25, -0.2) is 0 Å².